The molecular formula is C26H29N7. The molecule has 5 rings (SSSR count). The van der Waals surface area contributed by atoms with Gasteiger partial charge in [-0.15, -0.1) is 0 Å². The molecule has 1 saturated heterocycles. The average Bonchev–Trinajstić information content (AvgIpc) is 3.48. The van der Waals surface area contributed by atoms with Crippen molar-refractivity contribution in [3.8, 4) is 11.3 Å². The number of benzene rings is 1. The van der Waals surface area contributed by atoms with E-state index < -0.39 is 0 Å². The standard InChI is InChI=1S/C26H29N7/c1-3-7-21(27)19-9-4-10-20(16-19)22-17-23(26-28-13-15-33(26)31-22)29-24-11-5-12-25(30-24)32-14-6-8-18(32)2/h4-5,7,9-13,15-18H,3,6,8,14,27H2,1-2H3,(H,29,30)/b21-7+. The van der Waals surface area contributed by atoms with Gasteiger partial charge in [0.15, 0.2) is 5.65 Å². The van der Waals surface area contributed by atoms with Crippen LogP contribution in [0.15, 0.2) is 67.0 Å². The maximum atomic E-state index is 6.24. The molecule has 33 heavy (non-hydrogen) atoms. The Labute approximate surface area is 194 Å². The molecule has 0 aliphatic carbocycles. The fourth-order valence-corrected chi connectivity index (χ4v) is 4.41. The monoisotopic (exact) mass is 439 g/mol. The van der Waals surface area contributed by atoms with Gasteiger partial charge in [0.05, 0.1) is 11.4 Å². The Balaban J connectivity index is 1.51. The summed E-state index contributed by atoms with van der Waals surface area (Å²) in [5.41, 5.74) is 11.4. The second kappa shape index (κ2) is 8.94. The van der Waals surface area contributed by atoms with Crippen LogP contribution in [0.4, 0.5) is 17.3 Å². The fraction of sp³-hybridized carbons (Fsp3) is 0.269. The van der Waals surface area contributed by atoms with E-state index in [1.807, 2.05) is 48.7 Å². The normalized spacial score (nSPS) is 16.5. The van der Waals surface area contributed by atoms with Gasteiger partial charge in [-0.05, 0) is 56.0 Å². The first-order valence-corrected chi connectivity index (χ1v) is 11.5. The Kier molecular flexibility index (Phi) is 5.69. The molecule has 0 amide bonds. The van der Waals surface area contributed by atoms with Crippen molar-refractivity contribution in [2.24, 2.45) is 5.73 Å². The van der Waals surface area contributed by atoms with Gasteiger partial charge in [0.2, 0.25) is 0 Å². The molecule has 1 unspecified atom stereocenters. The van der Waals surface area contributed by atoms with E-state index >= 15 is 0 Å². The lowest BCUT2D eigenvalue weighted by molar-refractivity contribution is 0.727. The molecule has 0 bridgehead atoms. The van der Waals surface area contributed by atoms with Crippen molar-refractivity contribution in [3.63, 3.8) is 0 Å². The van der Waals surface area contributed by atoms with Crippen molar-refractivity contribution in [2.45, 2.75) is 39.2 Å². The average molecular weight is 440 g/mol. The zero-order valence-corrected chi connectivity index (χ0v) is 19.1. The maximum absolute atomic E-state index is 6.24. The summed E-state index contributed by atoms with van der Waals surface area (Å²) in [5, 5.41) is 8.25. The zero-order valence-electron chi connectivity index (χ0n) is 19.1. The van der Waals surface area contributed by atoms with Gasteiger partial charge in [0.1, 0.15) is 11.6 Å². The van der Waals surface area contributed by atoms with Crippen molar-refractivity contribution in [2.75, 3.05) is 16.8 Å². The molecule has 1 aromatic carbocycles. The van der Waals surface area contributed by atoms with Crippen LogP contribution in [0.25, 0.3) is 22.6 Å². The number of nitrogens with two attached hydrogens (primary N) is 1. The van der Waals surface area contributed by atoms with E-state index in [2.05, 4.69) is 41.2 Å². The molecule has 3 N–H and O–H groups in total. The highest BCUT2D eigenvalue weighted by Gasteiger charge is 2.21. The number of rotatable bonds is 6. The van der Waals surface area contributed by atoms with Gasteiger partial charge in [-0.1, -0.05) is 37.3 Å². The second-order valence-corrected chi connectivity index (χ2v) is 8.48. The summed E-state index contributed by atoms with van der Waals surface area (Å²) >= 11 is 0. The molecule has 0 radical (unpaired) electrons. The first-order valence-electron chi connectivity index (χ1n) is 11.5. The summed E-state index contributed by atoms with van der Waals surface area (Å²) in [6, 6.07) is 16.8. The number of pyridine rings is 1. The highest BCUT2D eigenvalue weighted by Crippen LogP contribution is 2.29. The topological polar surface area (TPSA) is 84.4 Å². The molecule has 1 aliphatic heterocycles. The molecule has 1 aliphatic rings. The van der Waals surface area contributed by atoms with Crippen molar-refractivity contribution in [1.29, 1.82) is 0 Å². The van der Waals surface area contributed by atoms with Crippen molar-refractivity contribution in [3.05, 3.63) is 72.6 Å². The number of nitrogens with one attached hydrogen (secondary N) is 1. The molecule has 0 spiro atoms. The van der Waals surface area contributed by atoms with Gasteiger partial charge in [0, 0.05) is 36.2 Å². The number of hydrogen-bond donors (Lipinski definition) is 2. The van der Waals surface area contributed by atoms with Crippen LogP contribution in [-0.2, 0) is 0 Å². The van der Waals surface area contributed by atoms with Crippen LogP contribution in [0.2, 0.25) is 0 Å². The number of imidazole rings is 1. The predicted octanol–water partition coefficient (Wildman–Crippen LogP) is 5.23. The van der Waals surface area contributed by atoms with Crippen molar-refractivity contribution in [1.82, 2.24) is 19.6 Å². The van der Waals surface area contributed by atoms with Gasteiger partial charge < -0.3 is 16.0 Å². The predicted molar refractivity (Wildman–Crippen MR) is 134 cm³/mol. The number of aromatic nitrogens is 4. The smallest absolute Gasteiger partial charge is 0.177 e. The zero-order chi connectivity index (χ0) is 22.8. The van der Waals surface area contributed by atoms with E-state index in [9.17, 15) is 0 Å². The molecule has 3 aromatic heterocycles. The molecule has 7 nitrogen and oxygen atoms in total. The molecule has 0 saturated carbocycles. The minimum absolute atomic E-state index is 0.515. The van der Waals surface area contributed by atoms with Crippen LogP contribution < -0.4 is 16.0 Å². The summed E-state index contributed by atoms with van der Waals surface area (Å²) in [7, 11) is 0. The van der Waals surface area contributed by atoms with E-state index in [0.29, 0.717) is 6.04 Å². The highest BCUT2D eigenvalue weighted by atomic mass is 15.3. The van der Waals surface area contributed by atoms with E-state index in [-0.39, 0.29) is 0 Å². The molecule has 1 atom stereocenters. The summed E-state index contributed by atoms with van der Waals surface area (Å²) in [4.78, 5) is 11.8. The van der Waals surface area contributed by atoms with Crippen LogP contribution in [-0.4, -0.2) is 32.2 Å². The van der Waals surface area contributed by atoms with E-state index in [1.165, 1.54) is 12.8 Å². The van der Waals surface area contributed by atoms with Crippen molar-refractivity contribution >= 4 is 28.7 Å². The van der Waals surface area contributed by atoms with Crippen LogP contribution in [0.3, 0.4) is 0 Å². The Morgan fingerprint density at radius 2 is 2.09 bits per heavy atom. The molecule has 4 heterocycles. The minimum Gasteiger partial charge on any atom is -0.399 e. The van der Waals surface area contributed by atoms with Crippen LogP contribution >= 0.6 is 0 Å². The lowest BCUT2D eigenvalue weighted by Crippen LogP contribution is -2.27. The second-order valence-electron chi connectivity index (χ2n) is 8.48. The SMILES string of the molecule is CC/C=C(/N)c1cccc(-c2cc(Nc3cccc(N4CCCC4C)n3)c3nccn3n2)c1. The number of hydrogen-bond acceptors (Lipinski definition) is 6. The highest BCUT2D eigenvalue weighted by molar-refractivity contribution is 5.78. The van der Waals surface area contributed by atoms with Crippen LogP contribution in [0.1, 0.15) is 38.7 Å². The Morgan fingerprint density at radius 3 is 2.91 bits per heavy atom. The summed E-state index contributed by atoms with van der Waals surface area (Å²) < 4.78 is 1.79. The number of nitrogens with zero attached hydrogens (tertiary/aromatic N) is 5. The number of fused-ring (bicyclic) bond motifs is 1. The summed E-state index contributed by atoms with van der Waals surface area (Å²) in [6.07, 6.45) is 8.95. The minimum atomic E-state index is 0.515. The quantitative estimate of drug-likeness (QED) is 0.428. The first kappa shape index (κ1) is 21.0. The van der Waals surface area contributed by atoms with Crippen LogP contribution in [0, 0.1) is 0 Å². The Hall–Kier alpha value is -3.87. The molecule has 4 aromatic rings. The number of allylic oxidation sites excluding steroid dienone is 1. The largest absolute Gasteiger partial charge is 0.399 e. The summed E-state index contributed by atoms with van der Waals surface area (Å²) in [5.74, 6) is 1.79. The van der Waals surface area contributed by atoms with Crippen LogP contribution in [0.5, 0.6) is 0 Å². The maximum Gasteiger partial charge on any atom is 0.177 e. The third-order valence-electron chi connectivity index (χ3n) is 6.12. The third-order valence-corrected chi connectivity index (χ3v) is 6.12. The van der Waals surface area contributed by atoms with Gasteiger partial charge in [-0.3, -0.25) is 0 Å². The van der Waals surface area contributed by atoms with Gasteiger partial charge in [-0.25, -0.2) is 14.5 Å². The van der Waals surface area contributed by atoms with Crippen molar-refractivity contribution < 1.29 is 0 Å². The Morgan fingerprint density at radius 1 is 1.21 bits per heavy atom. The fourth-order valence-electron chi connectivity index (χ4n) is 4.41. The molecule has 168 valence electrons. The van der Waals surface area contributed by atoms with Gasteiger partial charge in [-0.2, -0.15) is 5.10 Å². The summed E-state index contributed by atoms with van der Waals surface area (Å²) in [6.45, 7) is 5.39. The van der Waals surface area contributed by atoms with Gasteiger partial charge >= 0.3 is 0 Å². The van der Waals surface area contributed by atoms with Gasteiger partial charge in [0.25, 0.3) is 0 Å². The molecular weight excluding hydrogens is 410 g/mol. The molecule has 7 heteroatoms. The molecule has 1 fully saturated rings. The third kappa shape index (κ3) is 4.26. The first-order chi connectivity index (χ1) is 16.1. The van der Waals surface area contributed by atoms with E-state index in [4.69, 9.17) is 15.8 Å². The number of anilines is 3. The Bertz CT molecular complexity index is 1310. The lowest BCUT2D eigenvalue weighted by Gasteiger charge is -2.23. The van der Waals surface area contributed by atoms with E-state index in [0.717, 1.165) is 58.5 Å². The van der Waals surface area contributed by atoms with E-state index in [1.54, 1.807) is 10.7 Å². The lowest BCUT2D eigenvalue weighted by atomic mass is 10.0.